The van der Waals surface area contributed by atoms with Crippen LogP contribution in [0.5, 0.6) is 11.5 Å². The summed E-state index contributed by atoms with van der Waals surface area (Å²) < 4.78 is 7.65. The van der Waals surface area contributed by atoms with Gasteiger partial charge in [0.2, 0.25) is 0 Å². The van der Waals surface area contributed by atoms with Gasteiger partial charge in [-0.2, -0.15) is 5.10 Å². The van der Waals surface area contributed by atoms with Crippen molar-refractivity contribution < 1.29 is 9.84 Å². The van der Waals surface area contributed by atoms with Crippen molar-refractivity contribution in [2.24, 2.45) is 0 Å². The summed E-state index contributed by atoms with van der Waals surface area (Å²) in [4.78, 5) is 16.9. The molecular weight excluding hydrogens is 428 g/mol. The second-order valence-electron chi connectivity index (χ2n) is 8.06. The number of hydrogen-bond donors (Lipinski definition) is 2. The van der Waals surface area contributed by atoms with Gasteiger partial charge in [0.25, 0.3) is 0 Å². The molecule has 0 aliphatic heterocycles. The molecule has 0 amide bonds. The molecule has 0 spiro atoms. The van der Waals surface area contributed by atoms with E-state index in [-0.39, 0.29) is 5.92 Å². The van der Waals surface area contributed by atoms with E-state index in [9.17, 15) is 5.11 Å². The first-order valence-electron chi connectivity index (χ1n) is 10.3. The summed E-state index contributed by atoms with van der Waals surface area (Å²) in [6.07, 6.45) is 6.50. The Kier molecular flexibility index (Phi) is 4.21. The number of hydrogen-bond acceptors (Lipinski definition) is 6. The molecule has 0 radical (unpaired) electrons. The number of ether oxygens (including phenoxy) is 1. The van der Waals surface area contributed by atoms with Gasteiger partial charge < -0.3 is 14.8 Å². The maximum absolute atomic E-state index is 11.1. The summed E-state index contributed by atoms with van der Waals surface area (Å²) in [5.41, 5.74) is 2.53. The van der Waals surface area contributed by atoms with E-state index in [4.69, 9.17) is 21.3 Å². The summed E-state index contributed by atoms with van der Waals surface area (Å²) in [7, 11) is 0. The first-order valence-corrected chi connectivity index (χ1v) is 10.7. The highest BCUT2D eigenvalue weighted by molar-refractivity contribution is 6.36. The molecule has 1 aliphatic rings. The number of nitrogens with one attached hydrogen (secondary N) is 1. The lowest BCUT2D eigenvalue weighted by Crippen LogP contribution is -2.48. The van der Waals surface area contributed by atoms with Crippen LogP contribution in [0.2, 0.25) is 5.02 Å². The minimum absolute atomic E-state index is 0.217. The third kappa shape index (κ3) is 2.95. The molecule has 6 rings (SSSR count). The van der Waals surface area contributed by atoms with Gasteiger partial charge in [-0.25, -0.2) is 14.6 Å². The quantitative estimate of drug-likeness (QED) is 0.415. The van der Waals surface area contributed by atoms with Crippen molar-refractivity contribution in [3.05, 3.63) is 71.5 Å². The van der Waals surface area contributed by atoms with Crippen molar-refractivity contribution in [2.45, 2.75) is 31.4 Å². The molecule has 8 nitrogen and oxygen atoms in total. The molecule has 2 unspecified atom stereocenters. The highest BCUT2D eigenvalue weighted by Crippen LogP contribution is 2.48. The van der Waals surface area contributed by atoms with Gasteiger partial charge in [-0.15, -0.1) is 0 Å². The van der Waals surface area contributed by atoms with Crippen molar-refractivity contribution in [3.8, 4) is 11.5 Å². The summed E-state index contributed by atoms with van der Waals surface area (Å²) in [6, 6.07) is 11.0. The van der Waals surface area contributed by atoms with Crippen LogP contribution in [0.1, 0.15) is 30.3 Å². The zero-order valence-electron chi connectivity index (χ0n) is 17.2. The normalized spacial score (nSPS) is 20.5. The summed E-state index contributed by atoms with van der Waals surface area (Å²) >= 11 is 6.69. The first-order chi connectivity index (χ1) is 15.5. The molecule has 2 atom stereocenters. The molecule has 0 saturated heterocycles. The Morgan fingerprint density at radius 1 is 1.22 bits per heavy atom. The van der Waals surface area contributed by atoms with Crippen LogP contribution in [0.4, 0.5) is 0 Å². The van der Waals surface area contributed by atoms with E-state index in [1.54, 1.807) is 35.4 Å². The van der Waals surface area contributed by atoms with Crippen LogP contribution >= 0.6 is 11.6 Å². The Morgan fingerprint density at radius 2 is 2.09 bits per heavy atom. The predicted octanol–water partition coefficient (Wildman–Crippen LogP) is 4.68. The number of aromatic amines is 1. The summed E-state index contributed by atoms with van der Waals surface area (Å²) in [5, 5.41) is 15.7. The van der Waals surface area contributed by atoms with Crippen LogP contribution in [0, 0.1) is 6.92 Å². The second-order valence-corrected chi connectivity index (χ2v) is 8.44. The van der Waals surface area contributed by atoms with Crippen LogP contribution in [-0.4, -0.2) is 34.8 Å². The topological polar surface area (TPSA) is 102 Å². The molecule has 5 aromatic rings. The van der Waals surface area contributed by atoms with Gasteiger partial charge in [-0.1, -0.05) is 11.6 Å². The Bertz CT molecular complexity index is 1460. The smallest absolute Gasteiger partial charge is 0.166 e. The maximum atomic E-state index is 11.1. The lowest BCUT2D eigenvalue weighted by Gasteiger charge is -2.44. The lowest BCUT2D eigenvalue weighted by atomic mass is 9.73. The third-order valence-electron chi connectivity index (χ3n) is 6.05. The average molecular weight is 447 g/mol. The van der Waals surface area contributed by atoms with Gasteiger partial charge in [0, 0.05) is 24.7 Å². The highest BCUT2D eigenvalue weighted by Gasteiger charge is 2.49. The van der Waals surface area contributed by atoms with Crippen LogP contribution in [0.15, 0.2) is 55.0 Å². The van der Waals surface area contributed by atoms with Gasteiger partial charge in [-0.3, -0.25) is 4.98 Å². The van der Waals surface area contributed by atoms with Crippen LogP contribution < -0.4 is 4.74 Å². The van der Waals surface area contributed by atoms with Crippen molar-refractivity contribution in [3.63, 3.8) is 0 Å². The number of halogens is 1. The summed E-state index contributed by atoms with van der Waals surface area (Å²) in [5.74, 6) is 1.75. The van der Waals surface area contributed by atoms with Gasteiger partial charge in [0.15, 0.2) is 5.72 Å². The third-order valence-corrected chi connectivity index (χ3v) is 6.42. The maximum Gasteiger partial charge on any atom is 0.166 e. The number of fused-ring (bicyclic) bond motifs is 2. The fourth-order valence-corrected chi connectivity index (χ4v) is 4.54. The van der Waals surface area contributed by atoms with Crippen molar-refractivity contribution in [1.29, 1.82) is 0 Å². The van der Waals surface area contributed by atoms with Gasteiger partial charge >= 0.3 is 0 Å². The average Bonchev–Trinajstić information content (AvgIpc) is 3.44. The van der Waals surface area contributed by atoms with Crippen LogP contribution in [0.3, 0.4) is 0 Å². The number of aromatic nitrogens is 6. The molecular formula is C23H19ClN6O2. The molecule has 0 bridgehead atoms. The van der Waals surface area contributed by atoms with E-state index in [1.807, 2.05) is 31.2 Å². The summed E-state index contributed by atoms with van der Waals surface area (Å²) in [6.45, 7) is 1.91. The Hall–Kier alpha value is -3.49. The Balaban J connectivity index is 1.36. The minimum atomic E-state index is -1.11. The first kappa shape index (κ1) is 19.2. The molecule has 2 N–H and O–H groups in total. The van der Waals surface area contributed by atoms with E-state index in [2.05, 4.69) is 20.1 Å². The number of aliphatic hydroxyl groups is 1. The fraction of sp³-hybridized carbons (Fsp3) is 0.217. The van der Waals surface area contributed by atoms with Gasteiger partial charge in [0.1, 0.15) is 27.9 Å². The zero-order chi connectivity index (χ0) is 21.9. The number of benzene rings is 2. The molecule has 1 aliphatic carbocycles. The van der Waals surface area contributed by atoms with E-state index in [1.165, 1.54) is 0 Å². The molecule has 2 aromatic carbocycles. The molecule has 32 heavy (non-hydrogen) atoms. The van der Waals surface area contributed by atoms with E-state index in [0.717, 1.165) is 23.3 Å². The number of nitrogens with zero attached hydrogens (tertiary/aromatic N) is 5. The van der Waals surface area contributed by atoms with Crippen molar-refractivity contribution in [2.75, 3.05) is 0 Å². The highest BCUT2D eigenvalue weighted by atomic mass is 35.5. The Labute approximate surface area is 187 Å². The fourth-order valence-electron chi connectivity index (χ4n) is 4.30. The van der Waals surface area contributed by atoms with Crippen molar-refractivity contribution >= 4 is 33.7 Å². The molecule has 3 aromatic heterocycles. The van der Waals surface area contributed by atoms with E-state index in [0.29, 0.717) is 39.7 Å². The van der Waals surface area contributed by atoms with Crippen LogP contribution in [-0.2, 0) is 5.72 Å². The van der Waals surface area contributed by atoms with Gasteiger partial charge in [0.05, 0.1) is 28.2 Å². The van der Waals surface area contributed by atoms with E-state index >= 15 is 0 Å². The lowest BCUT2D eigenvalue weighted by molar-refractivity contribution is -0.139. The molecule has 1 fully saturated rings. The standard InChI is InChI=1S/C23H19ClN6O2/c1-13-27-16-4-3-14(11-18(16)28-13)32-20-6-5-17-22(21(20)24)29-19(12-25-17)15-7-8-23(15,31)30-10-2-9-26-30/h2-6,9-12,15,31H,7-8H2,1H3,(H,27,28). The SMILES string of the molecule is Cc1nc2ccc(Oc3ccc4ncc(C5CCC5(O)n5cccn5)nc4c3Cl)cc2[nH]1. The van der Waals surface area contributed by atoms with Crippen LogP contribution in [0.25, 0.3) is 22.1 Å². The number of rotatable bonds is 4. The molecule has 1 saturated carbocycles. The second kappa shape index (κ2) is 7.01. The Morgan fingerprint density at radius 3 is 2.88 bits per heavy atom. The minimum Gasteiger partial charge on any atom is -0.456 e. The number of aryl methyl sites for hydroxylation is 1. The van der Waals surface area contributed by atoms with Gasteiger partial charge in [-0.05, 0) is 50.1 Å². The molecule has 9 heteroatoms. The van der Waals surface area contributed by atoms with Crippen molar-refractivity contribution in [1.82, 2.24) is 29.7 Å². The molecule has 3 heterocycles. The number of imidazole rings is 1. The molecule has 160 valence electrons. The monoisotopic (exact) mass is 446 g/mol. The number of H-pyrrole nitrogens is 1. The van der Waals surface area contributed by atoms with E-state index < -0.39 is 5.72 Å². The largest absolute Gasteiger partial charge is 0.456 e. The zero-order valence-corrected chi connectivity index (χ0v) is 17.9. The predicted molar refractivity (Wildman–Crippen MR) is 120 cm³/mol.